The van der Waals surface area contributed by atoms with Gasteiger partial charge in [-0.1, -0.05) is 15.9 Å². The highest BCUT2D eigenvalue weighted by molar-refractivity contribution is 9.10. The Hall–Kier alpha value is -2.27. The van der Waals surface area contributed by atoms with E-state index in [1.807, 2.05) is 57.2 Å². The number of ether oxygens (including phenoxy) is 1. The van der Waals surface area contributed by atoms with Crippen molar-refractivity contribution in [3.63, 3.8) is 0 Å². The molecular formula is C21H23BrN2O2. The zero-order valence-corrected chi connectivity index (χ0v) is 17.1. The molecule has 5 heteroatoms. The number of carbonyl (C=O) groups is 1. The van der Waals surface area contributed by atoms with E-state index in [9.17, 15) is 4.79 Å². The quantitative estimate of drug-likeness (QED) is 0.582. The third-order valence-corrected chi connectivity index (χ3v) is 5.06. The van der Waals surface area contributed by atoms with Crippen LogP contribution in [0.4, 0.5) is 5.69 Å². The molecule has 3 rings (SSSR count). The molecule has 0 bridgehead atoms. The van der Waals surface area contributed by atoms with Crippen molar-refractivity contribution in [3.8, 4) is 5.75 Å². The molecule has 0 aliphatic carbocycles. The summed E-state index contributed by atoms with van der Waals surface area (Å²) in [6.45, 7) is 9.34. The molecule has 1 amide bonds. The van der Waals surface area contributed by atoms with Crippen molar-refractivity contribution >= 4 is 38.4 Å². The first-order chi connectivity index (χ1) is 12.5. The van der Waals surface area contributed by atoms with E-state index in [0.717, 1.165) is 44.5 Å². The number of nitrogens with one attached hydrogen (secondary N) is 1. The van der Waals surface area contributed by atoms with Gasteiger partial charge < -0.3 is 14.6 Å². The van der Waals surface area contributed by atoms with Crippen molar-refractivity contribution in [3.05, 3.63) is 57.7 Å². The predicted molar refractivity (Wildman–Crippen MR) is 110 cm³/mol. The topological polar surface area (TPSA) is 43.3 Å². The summed E-state index contributed by atoms with van der Waals surface area (Å²) in [5.74, 6) is 0.732. The minimum atomic E-state index is -0.0936. The minimum Gasteiger partial charge on any atom is -0.494 e. The molecule has 0 aliphatic rings. The number of fused-ring (bicyclic) bond motifs is 1. The number of rotatable bonds is 5. The SMILES string of the molecule is CCOc1ccc2c(c1)c(C)c(C(=O)Nc1ccc(Br)cc1C)n2CC. The Morgan fingerprint density at radius 2 is 1.92 bits per heavy atom. The smallest absolute Gasteiger partial charge is 0.272 e. The van der Waals surface area contributed by atoms with Crippen molar-refractivity contribution < 1.29 is 9.53 Å². The summed E-state index contributed by atoms with van der Waals surface area (Å²) in [6.07, 6.45) is 0. The van der Waals surface area contributed by atoms with Gasteiger partial charge in [-0.05, 0) is 75.2 Å². The highest BCUT2D eigenvalue weighted by Gasteiger charge is 2.20. The summed E-state index contributed by atoms with van der Waals surface area (Å²) in [5, 5.41) is 4.11. The lowest BCUT2D eigenvalue weighted by Crippen LogP contribution is -2.18. The van der Waals surface area contributed by atoms with E-state index < -0.39 is 0 Å². The molecule has 0 atom stereocenters. The fraction of sp³-hybridized carbons (Fsp3) is 0.286. The summed E-state index contributed by atoms with van der Waals surface area (Å²) in [6, 6.07) is 11.8. The van der Waals surface area contributed by atoms with Crippen molar-refractivity contribution in [2.75, 3.05) is 11.9 Å². The minimum absolute atomic E-state index is 0.0936. The number of halogens is 1. The number of carbonyl (C=O) groups excluding carboxylic acids is 1. The first-order valence-corrected chi connectivity index (χ1v) is 9.58. The molecule has 0 fully saturated rings. The number of benzene rings is 2. The van der Waals surface area contributed by atoms with Crippen molar-refractivity contribution in [1.82, 2.24) is 4.57 Å². The summed E-state index contributed by atoms with van der Waals surface area (Å²) in [4.78, 5) is 13.1. The van der Waals surface area contributed by atoms with E-state index in [0.29, 0.717) is 12.3 Å². The maximum Gasteiger partial charge on any atom is 0.272 e. The predicted octanol–water partition coefficient (Wildman–Crippen LogP) is 5.69. The number of anilines is 1. The highest BCUT2D eigenvalue weighted by Crippen LogP contribution is 2.30. The van der Waals surface area contributed by atoms with Crippen molar-refractivity contribution in [2.24, 2.45) is 0 Å². The van der Waals surface area contributed by atoms with E-state index >= 15 is 0 Å². The fourth-order valence-electron chi connectivity index (χ4n) is 3.33. The van der Waals surface area contributed by atoms with Crippen LogP contribution < -0.4 is 10.1 Å². The molecule has 26 heavy (non-hydrogen) atoms. The summed E-state index contributed by atoms with van der Waals surface area (Å²) >= 11 is 3.46. The molecule has 0 unspecified atom stereocenters. The summed E-state index contributed by atoms with van der Waals surface area (Å²) < 4.78 is 8.68. The number of amides is 1. The zero-order chi connectivity index (χ0) is 18.8. The Labute approximate surface area is 162 Å². The highest BCUT2D eigenvalue weighted by atomic mass is 79.9. The lowest BCUT2D eigenvalue weighted by molar-refractivity contribution is 0.101. The standard InChI is InChI=1S/C21H23BrN2O2/c1-5-24-19-10-8-16(26-6-2)12-17(19)14(4)20(24)21(25)23-18-9-7-15(22)11-13(18)3/h7-12H,5-6H2,1-4H3,(H,23,25). The lowest BCUT2D eigenvalue weighted by Gasteiger charge is -2.12. The molecule has 1 heterocycles. The van der Waals surface area contributed by atoms with E-state index in [4.69, 9.17) is 4.74 Å². The van der Waals surface area contributed by atoms with Crippen LogP contribution in [0.1, 0.15) is 35.5 Å². The number of aryl methyl sites for hydroxylation is 3. The molecule has 3 aromatic rings. The second-order valence-electron chi connectivity index (χ2n) is 6.24. The number of hydrogen-bond acceptors (Lipinski definition) is 2. The van der Waals surface area contributed by atoms with Crippen LogP contribution in [0, 0.1) is 13.8 Å². The maximum atomic E-state index is 13.1. The third-order valence-electron chi connectivity index (χ3n) is 4.57. The van der Waals surface area contributed by atoms with Gasteiger partial charge in [0.15, 0.2) is 0 Å². The van der Waals surface area contributed by atoms with Gasteiger partial charge >= 0.3 is 0 Å². The van der Waals surface area contributed by atoms with Gasteiger partial charge in [0.25, 0.3) is 5.91 Å². The molecule has 136 valence electrons. The van der Waals surface area contributed by atoms with Crippen LogP contribution in [-0.2, 0) is 6.54 Å². The Morgan fingerprint density at radius 3 is 2.58 bits per heavy atom. The van der Waals surface area contributed by atoms with Gasteiger partial charge in [0, 0.05) is 27.6 Å². The van der Waals surface area contributed by atoms with Crippen LogP contribution >= 0.6 is 15.9 Å². The molecule has 1 aromatic heterocycles. The number of hydrogen-bond donors (Lipinski definition) is 1. The largest absolute Gasteiger partial charge is 0.494 e. The zero-order valence-electron chi connectivity index (χ0n) is 15.5. The average molecular weight is 415 g/mol. The molecular weight excluding hydrogens is 392 g/mol. The van der Waals surface area contributed by atoms with Gasteiger partial charge in [0.05, 0.1) is 6.61 Å². The van der Waals surface area contributed by atoms with Crippen LogP contribution in [0.25, 0.3) is 10.9 Å². The van der Waals surface area contributed by atoms with E-state index in [1.54, 1.807) is 0 Å². The molecule has 0 radical (unpaired) electrons. The first-order valence-electron chi connectivity index (χ1n) is 8.79. The Bertz CT molecular complexity index is 976. The van der Waals surface area contributed by atoms with Gasteiger partial charge in [-0.2, -0.15) is 0 Å². The van der Waals surface area contributed by atoms with Crippen LogP contribution in [0.3, 0.4) is 0 Å². The Kier molecular flexibility index (Phi) is 5.37. The van der Waals surface area contributed by atoms with Gasteiger partial charge in [-0.3, -0.25) is 4.79 Å². The molecule has 4 nitrogen and oxygen atoms in total. The second-order valence-corrected chi connectivity index (χ2v) is 7.16. The average Bonchev–Trinajstić information content (AvgIpc) is 2.89. The lowest BCUT2D eigenvalue weighted by atomic mass is 10.1. The van der Waals surface area contributed by atoms with Gasteiger partial charge in [0.2, 0.25) is 0 Å². The normalized spacial score (nSPS) is 11.0. The van der Waals surface area contributed by atoms with E-state index in [2.05, 4.69) is 32.7 Å². The molecule has 0 spiro atoms. The monoisotopic (exact) mass is 414 g/mol. The third kappa shape index (κ3) is 3.36. The Balaban J connectivity index is 2.05. The first kappa shape index (κ1) is 18.5. The van der Waals surface area contributed by atoms with Crippen molar-refractivity contribution in [2.45, 2.75) is 34.2 Å². The molecule has 0 saturated carbocycles. The fourth-order valence-corrected chi connectivity index (χ4v) is 3.80. The Morgan fingerprint density at radius 1 is 1.15 bits per heavy atom. The van der Waals surface area contributed by atoms with Crippen molar-refractivity contribution in [1.29, 1.82) is 0 Å². The molecule has 1 N–H and O–H groups in total. The second kappa shape index (κ2) is 7.54. The molecule has 0 saturated heterocycles. The van der Waals surface area contributed by atoms with Crippen LogP contribution in [0.15, 0.2) is 40.9 Å². The van der Waals surface area contributed by atoms with Crippen LogP contribution in [0.2, 0.25) is 0 Å². The van der Waals surface area contributed by atoms with Crippen LogP contribution in [-0.4, -0.2) is 17.1 Å². The maximum absolute atomic E-state index is 13.1. The van der Waals surface area contributed by atoms with Gasteiger partial charge in [-0.15, -0.1) is 0 Å². The number of aromatic nitrogens is 1. The van der Waals surface area contributed by atoms with E-state index in [-0.39, 0.29) is 5.91 Å². The van der Waals surface area contributed by atoms with Gasteiger partial charge in [-0.25, -0.2) is 0 Å². The number of nitrogens with zero attached hydrogens (tertiary/aromatic N) is 1. The van der Waals surface area contributed by atoms with Gasteiger partial charge in [0.1, 0.15) is 11.4 Å². The van der Waals surface area contributed by atoms with Crippen LogP contribution in [0.5, 0.6) is 5.75 Å². The molecule has 2 aromatic carbocycles. The summed E-state index contributed by atoms with van der Waals surface area (Å²) in [5.41, 5.74) is 4.55. The summed E-state index contributed by atoms with van der Waals surface area (Å²) in [7, 11) is 0. The van der Waals surface area contributed by atoms with E-state index in [1.165, 1.54) is 0 Å². The molecule has 0 aliphatic heterocycles.